The van der Waals surface area contributed by atoms with Crippen molar-refractivity contribution in [3.05, 3.63) is 24.3 Å². The molecule has 3 fully saturated rings. The van der Waals surface area contributed by atoms with E-state index in [1.807, 2.05) is 24.3 Å². The molecule has 0 spiro atoms. The number of fused-ring (bicyclic) bond motifs is 1. The molecule has 1 N–H and O–H groups in total. The molecule has 144 valence electrons. The Morgan fingerprint density at radius 2 is 1.56 bits per heavy atom. The molecule has 0 aromatic heterocycles. The van der Waals surface area contributed by atoms with Crippen LogP contribution in [0.15, 0.2) is 24.3 Å². The molecule has 1 aromatic rings. The first-order valence-corrected chi connectivity index (χ1v) is 10.1. The summed E-state index contributed by atoms with van der Waals surface area (Å²) >= 11 is 0. The van der Waals surface area contributed by atoms with Crippen LogP contribution >= 0.6 is 0 Å². The van der Waals surface area contributed by atoms with E-state index in [1.54, 1.807) is 0 Å². The van der Waals surface area contributed by atoms with Crippen LogP contribution in [0.5, 0.6) is 0 Å². The monoisotopic (exact) mass is 369 g/mol. The first-order valence-electron chi connectivity index (χ1n) is 10.1. The third-order valence-electron chi connectivity index (χ3n) is 6.11. The lowest BCUT2D eigenvalue weighted by molar-refractivity contribution is -0.142. The van der Waals surface area contributed by atoms with Crippen molar-refractivity contribution in [2.75, 3.05) is 29.9 Å². The van der Waals surface area contributed by atoms with Crippen molar-refractivity contribution < 1.29 is 14.4 Å². The minimum Gasteiger partial charge on any atom is -0.370 e. The van der Waals surface area contributed by atoms with Crippen LogP contribution in [0.2, 0.25) is 0 Å². The number of nitrogens with one attached hydrogen (secondary N) is 1. The number of carbonyl (C=O) groups excluding carboxylic acids is 3. The maximum absolute atomic E-state index is 12.6. The van der Waals surface area contributed by atoms with Gasteiger partial charge in [-0.2, -0.15) is 0 Å². The highest BCUT2D eigenvalue weighted by Crippen LogP contribution is 2.38. The van der Waals surface area contributed by atoms with Crippen molar-refractivity contribution in [1.82, 2.24) is 4.90 Å². The van der Waals surface area contributed by atoms with Gasteiger partial charge in [0.1, 0.15) is 6.54 Å². The Morgan fingerprint density at radius 3 is 2.22 bits per heavy atom. The number of imide groups is 1. The molecule has 2 heterocycles. The van der Waals surface area contributed by atoms with E-state index in [-0.39, 0.29) is 36.1 Å². The van der Waals surface area contributed by atoms with E-state index in [0.29, 0.717) is 0 Å². The average Bonchev–Trinajstić information content (AvgIpc) is 2.94. The van der Waals surface area contributed by atoms with Gasteiger partial charge in [-0.25, -0.2) is 0 Å². The molecule has 6 heteroatoms. The molecule has 1 saturated carbocycles. The van der Waals surface area contributed by atoms with E-state index in [9.17, 15) is 14.4 Å². The van der Waals surface area contributed by atoms with Crippen LogP contribution in [0.1, 0.15) is 44.9 Å². The second-order valence-electron chi connectivity index (χ2n) is 7.87. The average molecular weight is 369 g/mol. The summed E-state index contributed by atoms with van der Waals surface area (Å²) in [5.41, 5.74) is 1.76. The highest BCUT2D eigenvalue weighted by molar-refractivity contribution is 6.09. The number of nitrogens with zero attached hydrogens (tertiary/aromatic N) is 2. The molecule has 2 unspecified atom stereocenters. The topological polar surface area (TPSA) is 69.7 Å². The molecule has 4 rings (SSSR count). The van der Waals surface area contributed by atoms with Crippen molar-refractivity contribution >= 4 is 29.1 Å². The molecule has 2 aliphatic heterocycles. The van der Waals surface area contributed by atoms with Gasteiger partial charge in [0.2, 0.25) is 17.7 Å². The lowest BCUT2D eigenvalue weighted by Crippen LogP contribution is -2.38. The zero-order chi connectivity index (χ0) is 18.8. The van der Waals surface area contributed by atoms with Crippen molar-refractivity contribution in [3.8, 4) is 0 Å². The summed E-state index contributed by atoms with van der Waals surface area (Å²) in [4.78, 5) is 41.2. The lowest BCUT2D eigenvalue weighted by atomic mass is 9.81. The fourth-order valence-electron chi connectivity index (χ4n) is 4.71. The summed E-state index contributed by atoms with van der Waals surface area (Å²) in [6.07, 6.45) is 7.07. The molecule has 1 aliphatic carbocycles. The Kier molecular flexibility index (Phi) is 5.14. The SMILES string of the molecule is O=C(CN1C(=O)C2CCCCC2C1=O)Nc1ccccc1N1CCCCC1. The normalized spacial score (nSPS) is 25.5. The highest BCUT2D eigenvalue weighted by Gasteiger charge is 2.48. The van der Waals surface area contributed by atoms with Gasteiger partial charge in [0.25, 0.3) is 0 Å². The number of hydrogen-bond acceptors (Lipinski definition) is 4. The van der Waals surface area contributed by atoms with Crippen LogP contribution in [-0.2, 0) is 14.4 Å². The molecule has 1 aromatic carbocycles. The maximum atomic E-state index is 12.6. The number of rotatable bonds is 4. The van der Waals surface area contributed by atoms with E-state index < -0.39 is 0 Å². The minimum atomic E-state index is -0.306. The number of anilines is 2. The Hall–Kier alpha value is -2.37. The van der Waals surface area contributed by atoms with Crippen LogP contribution in [-0.4, -0.2) is 42.3 Å². The van der Waals surface area contributed by atoms with E-state index in [2.05, 4.69) is 10.2 Å². The third-order valence-corrected chi connectivity index (χ3v) is 6.11. The smallest absolute Gasteiger partial charge is 0.244 e. The molecule has 3 amide bonds. The molecule has 2 atom stereocenters. The van der Waals surface area contributed by atoms with Crippen molar-refractivity contribution in [1.29, 1.82) is 0 Å². The van der Waals surface area contributed by atoms with Crippen LogP contribution in [0, 0.1) is 11.8 Å². The van der Waals surface area contributed by atoms with Gasteiger partial charge in [0, 0.05) is 13.1 Å². The van der Waals surface area contributed by atoms with Gasteiger partial charge < -0.3 is 10.2 Å². The fraction of sp³-hybridized carbons (Fsp3) is 0.571. The number of amides is 3. The van der Waals surface area contributed by atoms with Gasteiger partial charge in [-0.05, 0) is 44.2 Å². The van der Waals surface area contributed by atoms with Gasteiger partial charge in [0.05, 0.1) is 23.2 Å². The van der Waals surface area contributed by atoms with Gasteiger partial charge in [-0.15, -0.1) is 0 Å². The zero-order valence-corrected chi connectivity index (χ0v) is 15.7. The first kappa shape index (κ1) is 18.0. The summed E-state index contributed by atoms with van der Waals surface area (Å²) in [6.45, 7) is 1.79. The molecule has 3 aliphatic rings. The minimum absolute atomic E-state index is 0.163. The van der Waals surface area contributed by atoms with E-state index in [0.717, 1.165) is 63.0 Å². The summed E-state index contributed by atoms with van der Waals surface area (Å²) in [7, 11) is 0. The maximum Gasteiger partial charge on any atom is 0.244 e. The van der Waals surface area contributed by atoms with Crippen LogP contribution < -0.4 is 10.2 Å². The Balaban J connectivity index is 1.44. The largest absolute Gasteiger partial charge is 0.370 e. The van der Waals surface area contributed by atoms with Crippen molar-refractivity contribution in [2.24, 2.45) is 11.8 Å². The molecule has 2 saturated heterocycles. The fourth-order valence-corrected chi connectivity index (χ4v) is 4.71. The molecule has 6 nitrogen and oxygen atoms in total. The molecular weight excluding hydrogens is 342 g/mol. The van der Waals surface area contributed by atoms with Gasteiger partial charge in [-0.1, -0.05) is 25.0 Å². The zero-order valence-electron chi connectivity index (χ0n) is 15.7. The molecular formula is C21H27N3O3. The van der Waals surface area contributed by atoms with E-state index in [4.69, 9.17) is 0 Å². The Labute approximate surface area is 159 Å². The quantitative estimate of drug-likeness (QED) is 0.829. The van der Waals surface area contributed by atoms with Crippen LogP contribution in [0.25, 0.3) is 0 Å². The van der Waals surface area contributed by atoms with E-state index in [1.165, 1.54) is 11.3 Å². The molecule has 27 heavy (non-hydrogen) atoms. The van der Waals surface area contributed by atoms with Crippen LogP contribution in [0.4, 0.5) is 11.4 Å². The van der Waals surface area contributed by atoms with Gasteiger partial charge in [0.15, 0.2) is 0 Å². The second kappa shape index (κ2) is 7.71. The van der Waals surface area contributed by atoms with Gasteiger partial charge in [-0.3, -0.25) is 19.3 Å². The number of piperidine rings is 1. The van der Waals surface area contributed by atoms with Gasteiger partial charge >= 0.3 is 0 Å². The number of benzene rings is 1. The molecule has 0 radical (unpaired) electrons. The number of hydrogen-bond donors (Lipinski definition) is 1. The third kappa shape index (κ3) is 3.57. The molecule has 0 bridgehead atoms. The Morgan fingerprint density at radius 1 is 0.926 bits per heavy atom. The highest BCUT2D eigenvalue weighted by atomic mass is 16.2. The predicted octanol–water partition coefficient (Wildman–Crippen LogP) is 2.79. The number of carbonyl (C=O) groups is 3. The van der Waals surface area contributed by atoms with Crippen molar-refractivity contribution in [3.63, 3.8) is 0 Å². The van der Waals surface area contributed by atoms with Crippen molar-refractivity contribution in [2.45, 2.75) is 44.9 Å². The lowest BCUT2D eigenvalue weighted by Gasteiger charge is -2.30. The number of likely N-dealkylation sites (tertiary alicyclic amines) is 1. The summed E-state index contributed by atoms with van der Waals surface area (Å²) in [5, 5.41) is 2.93. The summed E-state index contributed by atoms with van der Waals surface area (Å²) in [6, 6.07) is 7.76. The summed E-state index contributed by atoms with van der Waals surface area (Å²) < 4.78 is 0. The van der Waals surface area contributed by atoms with Crippen LogP contribution in [0.3, 0.4) is 0 Å². The second-order valence-corrected chi connectivity index (χ2v) is 7.87. The summed E-state index contributed by atoms with van der Waals surface area (Å²) in [5.74, 6) is -1.05. The number of para-hydroxylation sites is 2. The first-order chi connectivity index (χ1) is 13.1. The predicted molar refractivity (Wildman–Crippen MR) is 103 cm³/mol. The van der Waals surface area contributed by atoms with E-state index >= 15 is 0 Å². The Bertz CT molecular complexity index is 718. The standard InChI is InChI=1S/C21H27N3O3/c25-19(14-24-20(26)15-8-2-3-9-16(15)21(24)27)22-17-10-4-5-11-18(17)23-12-6-1-7-13-23/h4-5,10-11,15-16H,1-3,6-9,12-14H2,(H,22,25).